The lowest BCUT2D eigenvalue weighted by molar-refractivity contribution is -0.138. The summed E-state index contributed by atoms with van der Waals surface area (Å²) in [6.45, 7) is 0. The first-order chi connectivity index (χ1) is 7.66. The van der Waals surface area contributed by atoms with Crippen LogP contribution in [-0.4, -0.2) is 27.1 Å². The Hall–Kier alpha value is -1.66. The van der Waals surface area contributed by atoms with Crippen molar-refractivity contribution in [3.8, 4) is 10.6 Å². The number of nitrogens with two attached hydrogens (primary N) is 1. The number of hydrogen-bond acceptors (Lipinski definition) is 4. The van der Waals surface area contributed by atoms with E-state index in [-0.39, 0.29) is 6.42 Å². The molecule has 0 saturated heterocycles. The van der Waals surface area contributed by atoms with E-state index in [2.05, 4.69) is 9.97 Å². The van der Waals surface area contributed by atoms with Crippen LogP contribution in [0, 0.1) is 0 Å². The molecular formula is C10H11N3O2S. The summed E-state index contributed by atoms with van der Waals surface area (Å²) in [6, 6.07) is 1.03. The van der Waals surface area contributed by atoms with Crippen molar-refractivity contribution < 1.29 is 9.90 Å². The van der Waals surface area contributed by atoms with E-state index in [4.69, 9.17) is 10.8 Å². The molecule has 0 radical (unpaired) electrons. The minimum absolute atomic E-state index is 0.260. The Balaban J connectivity index is 2.11. The number of hydrogen-bond donors (Lipinski definition) is 3. The molecule has 0 aliphatic heterocycles. The van der Waals surface area contributed by atoms with E-state index in [9.17, 15) is 4.79 Å². The van der Waals surface area contributed by atoms with Crippen LogP contribution in [0.4, 0.5) is 0 Å². The number of carboxylic acid groups (broad SMARTS) is 1. The number of aliphatic carboxylic acids is 1. The molecule has 84 valence electrons. The van der Waals surface area contributed by atoms with Gasteiger partial charge in [0.1, 0.15) is 11.0 Å². The van der Waals surface area contributed by atoms with E-state index in [0.29, 0.717) is 0 Å². The molecule has 2 rings (SSSR count). The highest BCUT2D eigenvalue weighted by Gasteiger charge is 2.14. The van der Waals surface area contributed by atoms with Gasteiger partial charge >= 0.3 is 5.97 Å². The van der Waals surface area contributed by atoms with Crippen molar-refractivity contribution in [2.24, 2.45) is 5.73 Å². The molecule has 16 heavy (non-hydrogen) atoms. The van der Waals surface area contributed by atoms with Crippen LogP contribution >= 0.6 is 11.3 Å². The summed E-state index contributed by atoms with van der Waals surface area (Å²) in [5, 5.41) is 11.4. The van der Waals surface area contributed by atoms with Crippen molar-refractivity contribution in [3.63, 3.8) is 0 Å². The zero-order valence-electron chi connectivity index (χ0n) is 8.38. The van der Waals surface area contributed by atoms with Gasteiger partial charge in [0.2, 0.25) is 0 Å². The second-order valence-corrected chi connectivity index (χ2v) is 4.25. The maximum Gasteiger partial charge on any atom is 0.320 e. The average Bonchev–Trinajstić information content (AvgIpc) is 2.85. The summed E-state index contributed by atoms with van der Waals surface area (Å²) in [5.74, 6) is -1.00. The van der Waals surface area contributed by atoms with Crippen molar-refractivity contribution in [2.75, 3.05) is 0 Å². The summed E-state index contributed by atoms with van der Waals surface area (Å²) >= 11 is 1.48. The molecule has 0 amide bonds. The minimum Gasteiger partial charge on any atom is -0.480 e. The number of carboxylic acids is 1. The van der Waals surface area contributed by atoms with Crippen LogP contribution in [0.25, 0.3) is 10.6 Å². The van der Waals surface area contributed by atoms with Crippen LogP contribution in [0.1, 0.15) is 5.69 Å². The van der Waals surface area contributed by atoms with Crippen molar-refractivity contribution in [1.82, 2.24) is 9.97 Å². The summed E-state index contributed by atoms with van der Waals surface area (Å²) < 4.78 is 0. The highest BCUT2D eigenvalue weighted by molar-refractivity contribution is 7.13. The summed E-state index contributed by atoms with van der Waals surface area (Å²) in [6.07, 6.45) is 3.93. The van der Waals surface area contributed by atoms with Crippen molar-refractivity contribution in [2.45, 2.75) is 12.5 Å². The Labute approximate surface area is 95.9 Å². The number of aromatic amines is 1. The Morgan fingerprint density at radius 1 is 1.69 bits per heavy atom. The second kappa shape index (κ2) is 4.46. The molecule has 0 bridgehead atoms. The van der Waals surface area contributed by atoms with E-state index in [1.165, 1.54) is 11.3 Å². The first-order valence-electron chi connectivity index (χ1n) is 4.73. The molecule has 1 atom stereocenters. The van der Waals surface area contributed by atoms with Crippen LogP contribution in [0.2, 0.25) is 0 Å². The molecule has 0 aliphatic rings. The lowest BCUT2D eigenvalue weighted by Gasteiger charge is -2.02. The average molecular weight is 237 g/mol. The summed E-state index contributed by atoms with van der Waals surface area (Å²) in [5.41, 5.74) is 7.15. The third-order valence-electron chi connectivity index (χ3n) is 2.14. The van der Waals surface area contributed by atoms with Crippen molar-refractivity contribution in [1.29, 1.82) is 0 Å². The van der Waals surface area contributed by atoms with Crippen molar-refractivity contribution >= 4 is 17.3 Å². The molecule has 4 N–H and O–H groups in total. The van der Waals surface area contributed by atoms with Crippen LogP contribution in [0.3, 0.4) is 0 Å². The molecule has 2 aromatic heterocycles. The number of thiazole rings is 1. The predicted octanol–water partition coefficient (Wildman–Crippen LogP) is 1.09. The third-order valence-corrected chi connectivity index (χ3v) is 3.08. The number of rotatable bonds is 4. The van der Waals surface area contributed by atoms with Gasteiger partial charge in [0, 0.05) is 29.8 Å². The highest BCUT2D eigenvalue weighted by atomic mass is 32.1. The van der Waals surface area contributed by atoms with Gasteiger partial charge in [-0.1, -0.05) is 0 Å². The maximum atomic E-state index is 10.6. The minimum atomic E-state index is -1.00. The molecule has 5 nitrogen and oxygen atoms in total. The number of H-pyrrole nitrogens is 1. The van der Waals surface area contributed by atoms with Gasteiger partial charge in [0.05, 0.1) is 5.69 Å². The van der Waals surface area contributed by atoms with Crippen molar-refractivity contribution in [3.05, 3.63) is 29.5 Å². The fourth-order valence-electron chi connectivity index (χ4n) is 1.30. The third kappa shape index (κ3) is 2.29. The van der Waals surface area contributed by atoms with E-state index in [1.807, 2.05) is 23.8 Å². The zero-order chi connectivity index (χ0) is 11.5. The normalized spacial score (nSPS) is 12.6. The van der Waals surface area contributed by atoms with E-state index < -0.39 is 12.0 Å². The monoisotopic (exact) mass is 237 g/mol. The van der Waals surface area contributed by atoms with E-state index in [0.717, 1.165) is 16.3 Å². The molecule has 6 heteroatoms. The van der Waals surface area contributed by atoms with Gasteiger partial charge in [-0.15, -0.1) is 11.3 Å². The topological polar surface area (TPSA) is 92.0 Å². The van der Waals surface area contributed by atoms with Crippen LogP contribution < -0.4 is 5.73 Å². The van der Waals surface area contributed by atoms with Gasteiger partial charge in [-0.05, 0) is 6.07 Å². The molecule has 0 spiro atoms. The Morgan fingerprint density at radius 2 is 2.50 bits per heavy atom. The quantitative estimate of drug-likeness (QED) is 0.742. The standard InChI is InChI=1S/C10H11N3O2S/c11-8(10(14)15)3-7-5-16-9(13-7)6-1-2-12-4-6/h1-2,4-5,8,12H,3,11H2,(H,14,15). The molecule has 0 aliphatic carbocycles. The van der Waals surface area contributed by atoms with Crippen LogP contribution in [0.5, 0.6) is 0 Å². The Bertz CT molecular complexity index is 478. The fraction of sp³-hybridized carbons (Fsp3) is 0.200. The highest BCUT2D eigenvalue weighted by Crippen LogP contribution is 2.23. The SMILES string of the molecule is NC(Cc1csc(-c2cc[nH]c2)n1)C(=O)O. The van der Waals surface area contributed by atoms with Gasteiger partial charge < -0.3 is 15.8 Å². The number of carbonyl (C=O) groups is 1. The van der Waals surface area contributed by atoms with E-state index in [1.54, 1.807) is 0 Å². The van der Waals surface area contributed by atoms with Gasteiger partial charge in [-0.3, -0.25) is 4.79 Å². The number of nitrogens with zero attached hydrogens (tertiary/aromatic N) is 1. The zero-order valence-corrected chi connectivity index (χ0v) is 9.20. The van der Waals surface area contributed by atoms with E-state index >= 15 is 0 Å². The van der Waals surface area contributed by atoms with Gasteiger partial charge in [0.25, 0.3) is 0 Å². The molecule has 2 heterocycles. The lowest BCUT2D eigenvalue weighted by atomic mass is 10.2. The number of aromatic nitrogens is 2. The Kier molecular flexibility index (Phi) is 3.02. The molecule has 0 fully saturated rings. The molecule has 1 unspecified atom stereocenters. The lowest BCUT2D eigenvalue weighted by Crippen LogP contribution is -2.32. The fourth-order valence-corrected chi connectivity index (χ4v) is 2.13. The largest absolute Gasteiger partial charge is 0.480 e. The molecule has 0 aromatic carbocycles. The maximum absolute atomic E-state index is 10.6. The summed E-state index contributed by atoms with van der Waals surface area (Å²) in [7, 11) is 0. The number of nitrogens with one attached hydrogen (secondary N) is 1. The van der Waals surface area contributed by atoms with Gasteiger partial charge in [-0.2, -0.15) is 0 Å². The summed E-state index contributed by atoms with van der Waals surface area (Å²) in [4.78, 5) is 17.9. The first-order valence-corrected chi connectivity index (χ1v) is 5.60. The Morgan fingerprint density at radius 3 is 3.12 bits per heavy atom. The first kappa shape index (κ1) is 10.8. The van der Waals surface area contributed by atoms with Crippen LogP contribution in [-0.2, 0) is 11.2 Å². The molecule has 0 saturated carbocycles. The molecular weight excluding hydrogens is 226 g/mol. The van der Waals surface area contributed by atoms with Gasteiger partial charge in [-0.25, -0.2) is 4.98 Å². The predicted molar refractivity (Wildman–Crippen MR) is 61.2 cm³/mol. The second-order valence-electron chi connectivity index (χ2n) is 3.39. The smallest absolute Gasteiger partial charge is 0.320 e. The molecule has 2 aromatic rings. The van der Waals surface area contributed by atoms with Crippen LogP contribution in [0.15, 0.2) is 23.8 Å². The van der Waals surface area contributed by atoms with Gasteiger partial charge in [0.15, 0.2) is 0 Å².